The van der Waals surface area contributed by atoms with Crippen molar-refractivity contribution in [1.29, 1.82) is 0 Å². The zero-order chi connectivity index (χ0) is 18.8. The maximum absolute atomic E-state index is 12.9. The highest BCUT2D eigenvalue weighted by Gasteiger charge is 2.24. The van der Waals surface area contributed by atoms with E-state index in [-0.39, 0.29) is 11.9 Å². The second-order valence-corrected chi connectivity index (χ2v) is 6.27. The maximum atomic E-state index is 12.9. The van der Waals surface area contributed by atoms with Crippen LogP contribution in [0, 0.1) is 0 Å². The third kappa shape index (κ3) is 5.56. The second-order valence-electron chi connectivity index (χ2n) is 6.27. The minimum absolute atomic E-state index is 0.0242. The van der Waals surface area contributed by atoms with Crippen LogP contribution in [-0.4, -0.2) is 36.0 Å². The van der Waals surface area contributed by atoms with Crippen LogP contribution in [0.5, 0.6) is 5.88 Å². The molecule has 140 valence electrons. The van der Waals surface area contributed by atoms with Gasteiger partial charge in [0.2, 0.25) is 11.8 Å². The average molecular weight is 355 g/mol. The molecule has 0 aliphatic rings. The Morgan fingerprint density at radius 3 is 2.65 bits per heavy atom. The fourth-order valence-corrected chi connectivity index (χ4v) is 2.70. The molecule has 0 saturated heterocycles. The summed E-state index contributed by atoms with van der Waals surface area (Å²) in [5, 5.41) is 3.04. The molecule has 1 aromatic carbocycles. The number of nitrogens with one attached hydrogen (secondary N) is 1. The Morgan fingerprint density at radius 1 is 1.19 bits per heavy atom. The van der Waals surface area contributed by atoms with Gasteiger partial charge in [-0.05, 0) is 31.6 Å². The van der Waals surface area contributed by atoms with Gasteiger partial charge in [-0.2, -0.15) is 0 Å². The number of amides is 1. The molecule has 0 fully saturated rings. The predicted molar refractivity (Wildman–Crippen MR) is 104 cm³/mol. The first kappa shape index (κ1) is 19.9. The molecule has 0 radical (unpaired) electrons. The van der Waals surface area contributed by atoms with Crippen molar-refractivity contribution in [1.82, 2.24) is 15.2 Å². The highest BCUT2D eigenvalue weighted by Crippen LogP contribution is 2.20. The normalized spacial score (nSPS) is 12.0. The summed E-state index contributed by atoms with van der Waals surface area (Å²) >= 11 is 0. The lowest BCUT2D eigenvalue weighted by atomic mass is 10.0. The zero-order valence-corrected chi connectivity index (χ0v) is 15.9. The summed E-state index contributed by atoms with van der Waals surface area (Å²) in [7, 11) is 1.96. The van der Waals surface area contributed by atoms with E-state index in [1.165, 1.54) is 0 Å². The summed E-state index contributed by atoms with van der Waals surface area (Å²) in [6.07, 6.45) is 3.77. The first-order chi connectivity index (χ1) is 12.7. The number of aromatic nitrogens is 1. The number of carbonyl (C=O) groups is 1. The molecular weight excluding hydrogens is 326 g/mol. The Morgan fingerprint density at radius 2 is 1.96 bits per heavy atom. The van der Waals surface area contributed by atoms with Crippen LogP contribution in [0.1, 0.15) is 43.9 Å². The lowest BCUT2D eigenvalue weighted by Gasteiger charge is -2.26. The molecule has 1 unspecified atom stereocenters. The van der Waals surface area contributed by atoms with Crippen molar-refractivity contribution in [3.8, 4) is 5.88 Å². The Kier molecular flexibility index (Phi) is 8.09. The standard InChI is InChI=1S/C21H29N3O2/c1-4-6-15-26-21-18(13-10-14-22-21)16-23-20(25)19(24(3)5-2)17-11-8-7-9-12-17/h7-14,19H,4-6,15-16H2,1-3H3,(H,23,25). The van der Waals surface area contributed by atoms with Crippen LogP contribution in [0.3, 0.4) is 0 Å². The Hall–Kier alpha value is -2.40. The van der Waals surface area contributed by atoms with Crippen molar-refractivity contribution in [2.75, 3.05) is 20.2 Å². The van der Waals surface area contributed by atoms with Gasteiger partial charge in [0.1, 0.15) is 6.04 Å². The highest BCUT2D eigenvalue weighted by atomic mass is 16.5. The summed E-state index contributed by atoms with van der Waals surface area (Å²) in [6.45, 7) is 5.99. The number of nitrogens with zero attached hydrogens (tertiary/aromatic N) is 2. The number of benzene rings is 1. The third-order valence-electron chi connectivity index (χ3n) is 4.34. The Balaban J connectivity index is 2.06. The number of unbranched alkanes of at least 4 members (excludes halogenated alkanes) is 1. The fourth-order valence-electron chi connectivity index (χ4n) is 2.70. The molecule has 1 N–H and O–H groups in total. The van der Waals surface area contributed by atoms with Crippen molar-refractivity contribution < 1.29 is 9.53 Å². The molecular formula is C21H29N3O2. The van der Waals surface area contributed by atoms with E-state index < -0.39 is 0 Å². The quantitative estimate of drug-likeness (QED) is 0.662. The smallest absolute Gasteiger partial charge is 0.242 e. The minimum atomic E-state index is -0.317. The summed E-state index contributed by atoms with van der Waals surface area (Å²) in [5.41, 5.74) is 1.88. The number of hydrogen-bond donors (Lipinski definition) is 1. The molecule has 1 heterocycles. The number of likely N-dealkylation sites (N-methyl/N-ethyl adjacent to an activating group) is 1. The summed E-state index contributed by atoms with van der Waals surface area (Å²) < 4.78 is 5.75. The lowest BCUT2D eigenvalue weighted by molar-refractivity contribution is -0.126. The van der Waals surface area contributed by atoms with Gasteiger partial charge in [0.25, 0.3) is 0 Å². The number of pyridine rings is 1. The molecule has 26 heavy (non-hydrogen) atoms. The van der Waals surface area contributed by atoms with Gasteiger partial charge in [0.05, 0.1) is 6.61 Å². The first-order valence-corrected chi connectivity index (χ1v) is 9.27. The second kappa shape index (κ2) is 10.6. The molecule has 2 aromatic rings. The molecule has 2 rings (SSSR count). The Bertz CT molecular complexity index is 676. The van der Waals surface area contributed by atoms with Gasteiger partial charge in [-0.3, -0.25) is 9.69 Å². The number of hydrogen-bond acceptors (Lipinski definition) is 4. The molecule has 1 atom stereocenters. The summed E-state index contributed by atoms with van der Waals surface area (Å²) in [4.78, 5) is 19.2. The van der Waals surface area contributed by atoms with Gasteiger partial charge in [-0.15, -0.1) is 0 Å². The number of ether oxygens (including phenoxy) is 1. The van der Waals surface area contributed by atoms with Crippen molar-refractivity contribution in [2.45, 2.75) is 39.3 Å². The monoisotopic (exact) mass is 355 g/mol. The molecule has 5 heteroatoms. The van der Waals surface area contributed by atoms with Gasteiger partial charge < -0.3 is 10.1 Å². The Labute approximate surface area is 156 Å². The topological polar surface area (TPSA) is 54.5 Å². The molecule has 0 saturated carbocycles. The average Bonchev–Trinajstić information content (AvgIpc) is 2.68. The van der Waals surface area contributed by atoms with E-state index >= 15 is 0 Å². The van der Waals surface area contributed by atoms with Crippen LogP contribution >= 0.6 is 0 Å². The molecule has 0 aliphatic heterocycles. The van der Waals surface area contributed by atoms with E-state index in [1.807, 2.05) is 61.3 Å². The van der Waals surface area contributed by atoms with Crippen LogP contribution in [-0.2, 0) is 11.3 Å². The first-order valence-electron chi connectivity index (χ1n) is 9.27. The van der Waals surface area contributed by atoms with Gasteiger partial charge in [0.15, 0.2) is 0 Å². The minimum Gasteiger partial charge on any atom is -0.477 e. The van der Waals surface area contributed by atoms with Crippen LogP contribution in [0.4, 0.5) is 0 Å². The number of rotatable bonds is 10. The van der Waals surface area contributed by atoms with Crippen LogP contribution in [0.2, 0.25) is 0 Å². The molecule has 0 spiro atoms. The van der Waals surface area contributed by atoms with Crippen molar-refractivity contribution in [2.24, 2.45) is 0 Å². The van der Waals surface area contributed by atoms with E-state index in [0.29, 0.717) is 19.0 Å². The van der Waals surface area contributed by atoms with Gasteiger partial charge in [-0.1, -0.05) is 56.7 Å². The largest absolute Gasteiger partial charge is 0.477 e. The van der Waals surface area contributed by atoms with E-state index in [4.69, 9.17) is 4.74 Å². The summed E-state index contributed by atoms with van der Waals surface area (Å²) in [5.74, 6) is 0.574. The SMILES string of the molecule is CCCCOc1ncccc1CNC(=O)C(c1ccccc1)N(C)CC. The lowest BCUT2D eigenvalue weighted by Crippen LogP contribution is -2.38. The van der Waals surface area contributed by atoms with E-state index in [0.717, 1.165) is 30.5 Å². The van der Waals surface area contributed by atoms with Gasteiger partial charge in [-0.25, -0.2) is 4.98 Å². The van der Waals surface area contributed by atoms with Crippen LogP contribution in [0.15, 0.2) is 48.7 Å². The fraction of sp³-hybridized carbons (Fsp3) is 0.429. The highest BCUT2D eigenvalue weighted by molar-refractivity contribution is 5.83. The predicted octanol–water partition coefficient (Wildman–Crippen LogP) is 3.57. The van der Waals surface area contributed by atoms with Crippen molar-refractivity contribution >= 4 is 5.91 Å². The van der Waals surface area contributed by atoms with E-state index in [1.54, 1.807) is 6.20 Å². The molecule has 0 aliphatic carbocycles. The van der Waals surface area contributed by atoms with Gasteiger partial charge >= 0.3 is 0 Å². The van der Waals surface area contributed by atoms with Crippen LogP contribution in [0.25, 0.3) is 0 Å². The molecule has 5 nitrogen and oxygen atoms in total. The maximum Gasteiger partial charge on any atom is 0.242 e. The van der Waals surface area contributed by atoms with Gasteiger partial charge in [0, 0.05) is 18.3 Å². The number of carbonyl (C=O) groups excluding carboxylic acids is 1. The van der Waals surface area contributed by atoms with Crippen LogP contribution < -0.4 is 10.1 Å². The van der Waals surface area contributed by atoms with Crippen molar-refractivity contribution in [3.63, 3.8) is 0 Å². The summed E-state index contributed by atoms with van der Waals surface area (Å²) in [6, 6.07) is 13.3. The van der Waals surface area contributed by atoms with Crippen molar-refractivity contribution in [3.05, 3.63) is 59.8 Å². The van der Waals surface area contributed by atoms with E-state index in [9.17, 15) is 4.79 Å². The molecule has 0 bridgehead atoms. The molecule has 1 amide bonds. The molecule has 1 aromatic heterocycles. The van der Waals surface area contributed by atoms with E-state index in [2.05, 4.69) is 17.2 Å². The third-order valence-corrected chi connectivity index (χ3v) is 4.34. The zero-order valence-electron chi connectivity index (χ0n) is 15.9.